The van der Waals surface area contributed by atoms with Gasteiger partial charge in [-0.25, -0.2) is 0 Å². The molecule has 2 aromatic rings. The van der Waals surface area contributed by atoms with Gasteiger partial charge in [0.15, 0.2) is 0 Å². The fourth-order valence-electron chi connectivity index (χ4n) is 2.04. The van der Waals surface area contributed by atoms with Gasteiger partial charge in [-0.2, -0.15) is 0 Å². The molecule has 0 aliphatic carbocycles. The Morgan fingerprint density at radius 2 is 2.10 bits per heavy atom. The lowest BCUT2D eigenvalue weighted by Crippen LogP contribution is -2.14. The van der Waals surface area contributed by atoms with Crippen LogP contribution in [0.4, 0.5) is 5.69 Å². The molecule has 1 heterocycles. The molecule has 0 fully saturated rings. The van der Waals surface area contributed by atoms with Gasteiger partial charge in [0.1, 0.15) is 0 Å². The normalized spacial score (nSPS) is 10.3. The van der Waals surface area contributed by atoms with Crippen LogP contribution >= 0.6 is 0 Å². The van der Waals surface area contributed by atoms with Gasteiger partial charge < -0.3 is 10.6 Å². The molecule has 0 aliphatic heterocycles. The Morgan fingerprint density at radius 1 is 1.19 bits per heavy atom. The zero-order valence-corrected chi connectivity index (χ0v) is 12.3. The average Bonchev–Trinajstić information content (AvgIpc) is 2.52. The molecular formula is C17H21N3O. The van der Waals surface area contributed by atoms with E-state index in [4.69, 9.17) is 0 Å². The van der Waals surface area contributed by atoms with Crippen molar-refractivity contribution in [3.8, 4) is 0 Å². The molecule has 2 rings (SSSR count). The van der Waals surface area contributed by atoms with Crippen molar-refractivity contribution in [1.82, 2.24) is 10.3 Å². The highest BCUT2D eigenvalue weighted by atomic mass is 16.1. The van der Waals surface area contributed by atoms with Gasteiger partial charge in [-0.1, -0.05) is 25.1 Å². The number of aryl methyl sites for hydroxylation is 1. The summed E-state index contributed by atoms with van der Waals surface area (Å²) in [7, 11) is 0. The van der Waals surface area contributed by atoms with Crippen molar-refractivity contribution in [1.29, 1.82) is 0 Å². The molecule has 110 valence electrons. The molecule has 0 spiro atoms. The van der Waals surface area contributed by atoms with Crippen molar-refractivity contribution in [2.45, 2.75) is 26.3 Å². The van der Waals surface area contributed by atoms with Crippen molar-refractivity contribution >= 4 is 11.6 Å². The maximum Gasteiger partial charge on any atom is 0.224 e. The van der Waals surface area contributed by atoms with Crippen LogP contribution in [0.25, 0.3) is 0 Å². The van der Waals surface area contributed by atoms with E-state index in [0.717, 1.165) is 24.5 Å². The number of hydrogen-bond acceptors (Lipinski definition) is 3. The molecule has 0 radical (unpaired) electrons. The van der Waals surface area contributed by atoms with Crippen LogP contribution in [0.5, 0.6) is 0 Å². The minimum Gasteiger partial charge on any atom is -0.326 e. The van der Waals surface area contributed by atoms with Crippen LogP contribution in [0.3, 0.4) is 0 Å². The summed E-state index contributed by atoms with van der Waals surface area (Å²) in [6.07, 6.45) is 2.84. The molecule has 1 amide bonds. The van der Waals surface area contributed by atoms with E-state index < -0.39 is 0 Å². The van der Waals surface area contributed by atoms with Crippen LogP contribution in [-0.4, -0.2) is 17.4 Å². The minimum absolute atomic E-state index is 0.0150. The van der Waals surface area contributed by atoms with Gasteiger partial charge in [0.2, 0.25) is 5.91 Å². The van der Waals surface area contributed by atoms with Gasteiger partial charge in [0.25, 0.3) is 0 Å². The number of carbonyl (C=O) groups excluding carboxylic acids is 1. The van der Waals surface area contributed by atoms with E-state index in [9.17, 15) is 4.79 Å². The summed E-state index contributed by atoms with van der Waals surface area (Å²) in [6, 6.07) is 13.7. The highest BCUT2D eigenvalue weighted by Gasteiger charge is 2.04. The first kappa shape index (κ1) is 15.2. The van der Waals surface area contributed by atoms with Crippen LogP contribution in [0.2, 0.25) is 0 Å². The van der Waals surface area contributed by atoms with Crippen molar-refractivity contribution in [3.63, 3.8) is 0 Å². The minimum atomic E-state index is 0.0150. The van der Waals surface area contributed by atoms with E-state index in [2.05, 4.69) is 22.5 Å². The number of amides is 1. The smallest absolute Gasteiger partial charge is 0.224 e. The first-order valence-electron chi connectivity index (χ1n) is 7.27. The van der Waals surface area contributed by atoms with Gasteiger partial charge in [0.05, 0.1) is 0 Å². The molecule has 2 N–H and O–H groups in total. The Morgan fingerprint density at radius 3 is 2.86 bits per heavy atom. The summed E-state index contributed by atoms with van der Waals surface area (Å²) in [5.41, 5.74) is 2.95. The van der Waals surface area contributed by atoms with Crippen molar-refractivity contribution in [2.24, 2.45) is 0 Å². The fourth-order valence-corrected chi connectivity index (χ4v) is 2.04. The van der Waals surface area contributed by atoms with Crippen molar-refractivity contribution in [3.05, 3.63) is 59.9 Å². The fraction of sp³-hybridized carbons (Fsp3) is 0.294. The van der Waals surface area contributed by atoms with Gasteiger partial charge in [-0.05, 0) is 42.8 Å². The molecular weight excluding hydrogens is 262 g/mol. The summed E-state index contributed by atoms with van der Waals surface area (Å²) in [6.45, 7) is 3.82. The Hall–Kier alpha value is -2.20. The Bertz CT molecular complexity index is 569. The van der Waals surface area contributed by atoms with Gasteiger partial charge in [-0.15, -0.1) is 0 Å². The number of aromatic nitrogens is 1. The second kappa shape index (κ2) is 8.17. The van der Waals surface area contributed by atoms with E-state index in [1.165, 1.54) is 5.56 Å². The third-order valence-electron chi connectivity index (χ3n) is 3.12. The van der Waals surface area contributed by atoms with E-state index >= 15 is 0 Å². The first-order chi connectivity index (χ1) is 10.3. The highest BCUT2D eigenvalue weighted by molar-refractivity contribution is 5.90. The SMILES string of the molecule is CCNCc1cccc(NC(=O)CCc2ccccn2)c1. The Balaban J connectivity index is 1.84. The average molecular weight is 283 g/mol. The molecule has 1 aromatic carbocycles. The first-order valence-corrected chi connectivity index (χ1v) is 7.27. The number of pyridine rings is 1. The standard InChI is InChI=1S/C17H21N3O/c1-2-18-13-14-6-5-8-16(12-14)20-17(21)10-9-15-7-3-4-11-19-15/h3-8,11-12,18H,2,9-10,13H2,1H3,(H,20,21). The van der Waals surface area contributed by atoms with Crippen molar-refractivity contribution < 1.29 is 4.79 Å². The van der Waals surface area contributed by atoms with Crippen LogP contribution in [-0.2, 0) is 17.8 Å². The second-order valence-electron chi connectivity index (χ2n) is 4.85. The zero-order chi connectivity index (χ0) is 14.9. The molecule has 0 saturated carbocycles. The third kappa shape index (κ3) is 5.36. The lowest BCUT2D eigenvalue weighted by atomic mass is 10.2. The number of carbonyl (C=O) groups is 1. The van der Waals surface area contributed by atoms with E-state index in [1.807, 2.05) is 42.5 Å². The zero-order valence-electron chi connectivity index (χ0n) is 12.3. The summed E-state index contributed by atoms with van der Waals surface area (Å²) in [5, 5.41) is 6.21. The summed E-state index contributed by atoms with van der Waals surface area (Å²) < 4.78 is 0. The monoisotopic (exact) mass is 283 g/mol. The molecule has 0 aliphatic rings. The second-order valence-corrected chi connectivity index (χ2v) is 4.85. The number of nitrogens with one attached hydrogen (secondary N) is 2. The van der Waals surface area contributed by atoms with Crippen LogP contribution in [0, 0.1) is 0 Å². The van der Waals surface area contributed by atoms with Gasteiger partial charge in [-0.3, -0.25) is 9.78 Å². The van der Waals surface area contributed by atoms with Crippen LogP contribution in [0.15, 0.2) is 48.7 Å². The Kier molecular flexibility index (Phi) is 5.91. The highest BCUT2D eigenvalue weighted by Crippen LogP contribution is 2.11. The number of rotatable bonds is 7. The summed E-state index contributed by atoms with van der Waals surface area (Å²) >= 11 is 0. The summed E-state index contributed by atoms with van der Waals surface area (Å²) in [4.78, 5) is 16.2. The molecule has 0 bridgehead atoms. The number of hydrogen-bond donors (Lipinski definition) is 2. The van der Waals surface area contributed by atoms with Crippen LogP contribution in [0.1, 0.15) is 24.6 Å². The third-order valence-corrected chi connectivity index (χ3v) is 3.12. The summed E-state index contributed by atoms with van der Waals surface area (Å²) in [5.74, 6) is 0.0150. The molecule has 4 heteroatoms. The lowest BCUT2D eigenvalue weighted by molar-refractivity contribution is -0.116. The number of anilines is 1. The van der Waals surface area contributed by atoms with Gasteiger partial charge >= 0.3 is 0 Å². The van der Waals surface area contributed by atoms with E-state index in [1.54, 1.807) is 6.20 Å². The molecule has 0 atom stereocenters. The maximum atomic E-state index is 12.0. The predicted molar refractivity (Wildman–Crippen MR) is 85.0 cm³/mol. The Labute approximate surface area is 125 Å². The molecule has 0 saturated heterocycles. The largest absolute Gasteiger partial charge is 0.326 e. The van der Waals surface area contributed by atoms with E-state index in [-0.39, 0.29) is 5.91 Å². The lowest BCUT2D eigenvalue weighted by Gasteiger charge is -2.08. The predicted octanol–water partition coefficient (Wildman–Crippen LogP) is 2.76. The molecule has 21 heavy (non-hydrogen) atoms. The van der Waals surface area contributed by atoms with E-state index in [0.29, 0.717) is 12.8 Å². The van der Waals surface area contributed by atoms with Crippen LogP contribution < -0.4 is 10.6 Å². The molecule has 0 unspecified atom stereocenters. The molecule has 1 aromatic heterocycles. The number of benzene rings is 1. The topological polar surface area (TPSA) is 54.0 Å². The van der Waals surface area contributed by atoms with Gasteiger partial charge in [0, 0.05) is 30.5 Å². The van der Waals surface area contributed by atoms with Crippen molar-refractivity contribution in [2.75, 3.05) is 11.9 Å². The quantitative estimate of drug-likeness (QED) is 0.821. The number of nitrogens with zero attached hydrogens (tertiary/aromatic N) is 1. The molecule has 4 nitrogen and oxygen atoms in total. The maximum absolute atomic E-state index is 12.0.